The van der Waals surface area contributed by atoms with Crippen molar-refractivity contribution in [3.8, 4) is 17.1 Å². The number of fused-ring (bicyclic) bond motifs is 1. The Labute approximate surface area is 203 Å². The molecule has 0 aliphatic rings. The van der Waals surface area contributed by atoms with Gasteiger partial charge in [0.25, 0.3) is 5.91 Å². The van der Waals surface area contributed by atoms with Gasteiger partial charge in [-0.3, -0.25) is 10.1 Å². The highest BCUT2D eigenvalue weighted by atomic mass is 79.9. The Hall–Kier alpha value is -2.94. The highest BCUT2D eigenvalue weighted by Crippen LogP contribution is 2.31. The Morgan fingerprint density at radius 1 is 1.19 bits per heavy atom. The molecule has 3 N–H and O–H groups in total. The molecule has 4 rings (SSSR count). The number of aromatic amines is 1. The summed E-state index contributed by atoms with van der Waals surface area (Å²) in [5.41, 5.74) is 4.34. The zero-order valence-corrected chi connectivity index (χ0v) is 20.3. The third-order valence-electron chi connectivity index (χ3n) is 4.78. The van der Waals surface area contributed by atoms with Crippen LogP contribution >= 0.6 is 39.7 Å². The standard InChI is InChI=1S/C23H18BrClN4O2S/c1-12-9-13(24)10-16(20(12)31-2)22(30)29-23(32)26-14-7-8-17(25)15(11-14)21-27-18-5-3-4-6-19(18)28-21/h3-11H,1-2H3,(H,27,28)(H2,26,29,30,32). The van der Waals surface area contributed by atoms with Gasteiger partial charge < -0.3 is 15.0 Å². The van der Waals surface area contributed by atoms with Gasteiger partial charge in [0, 0.05) is 15.7 Å². The second kappa shape index (κ2) is 9.28. The molecule has 0 spiro atoms. The fourth-order valence-electron chi connectivity index (χ4n) is 3.37. The molecule has 1 amide bonds. The Morgan fingerprint density at radius 2 is 1.97 bits per heavy atom. The number of carbonyl (C=O) groups excluding carboxylic acids is 1. The number of hydrogen-bond acceptors (Lipinski definition) is 4. The summed E-state index contributed by atoms with van der Waals surface area (Å²) in [6, 6.07) is 16.6. The Bertz CT molecular complexity index is 1320. The summed E-state index contributed by atoms with van der Waals surface area (Å²) in [6.45, 7) is 1.87. The third kappa shape index (κ3) is 4.62. The van der Waals surface area contributed by atoms with Gasteiger partial charge in [-0.05, 0) is 67.2 Å². The molecule has 0 atom stereocenters. The van der Waals surface area contributed by atoms with Crippen molar-refractivity contribution in [1.82, 2.24) is 15.3 Å². The molecule has 32 heavy (non-hydrogen) atoms. The smallest absolute Gasteiger partial charge is 0.261 e. The van der Waals surface area contributed by atoms with E-state index in [0.29, 0.717) is 33.4 Å². The molecular formula is C23H18BrClN4O2S. The first-order valence-electron chi connectivity index (χ1n) is 9.57. The summed E-state index contributed by atoms with van der Waals surface area (Å²) in [7, 11) is 1.52. The first-order valence-corrected chi connectivity index (χ1v) is 11.1. The topological polar surface area (TPSA) is 79.0 Å². The van der Waals surface area contributed by atoms with E-state index in [1.807, 2.05) is 43.3 Å². The number of carbonyl (C=O) groups is 1. The van der Waals surface area contributed by atoms with E-state index in [-0.39, 0.29) is 11.0 Å². The number of aromatic nitrogens is 2. The van der Waals surface area contributed by atoms with Crippen molar-refractivity contribution in [2.75, 3.05) is 12.4 Å². The first kappa shape index (κ1) is 22.3. The van der Waals surface area contributed by atoms with Crippen LogP contribution in [0, 0.1) is 6.92 Å². The van der Waals surface area contributed by atoms with Crippen LogP contribution in [0.2, 0.25) is 5.02 Å². The molecule has 0 saturated carbocycles. The molecule has 9 heteroatoms. The lowest BCUT2D eigenvalue weighted by molar-refractivity contribution is 0.0974. The average Bonchev–Trinajstić information content (AvgIpc) is 3.18. The number of methoxy groups -OCH3 is 1. The normalized spacial score (nSPS) is 10.8. The lowest BCUT2D eigenvalue weighted by Crippen LogP contribution is -2.34. The van der Waals surface area contributed by atoms with Crippen LogP contribution < -0.4 is 15.4 Å². The Morgan fingerprint density at radius 3 is 2.72 bits per heavy atom. The fourth-order valence-corrected chi connectivity index (χ4v) is 4.36. The fraction of sp³-hybridized carbons (Fsp3) is 0.0870. The summed E-state index contributed by atoms with van der Waals surface area (Å²) >= 11 is 15.2. The summed E-state index contributed by atoms with van der Waals surface area (Å²) < 4.78 is 6.16. The van der Waals surface area contributed by atoms with E-state index in [1.165, 1.54) is 7.11 Å². The van der Waals surface area contributed by atoms with Crippen LogP contribution in [0.15, 0.2) is 59.1 Å². The van der Waals surface area contributed by atoms with Crippen molar-refractivity contribution in [2.45, 2.75) is 6.92 Å². The minimum absolute atomic E-state index is 0.146. The van der Waals surface area contributed by atoms with Gasteiger partial charge in [-0.1, -0.05) is 39.7 Å². The summed E-state index contributed by atoms with van der Waals surface area (Å²) in [4.78, 5) is 20.7. The van der Waals surface area contributed by atoms with E-state index in [2.05, 4.69) is 36.5 Å². The van der Waals surface area contributed by atoms with Crippen LogP contribution in [-0.4, -0.2) is 28.1 Å². The molecule has 4 aromatic rings. The van der Waals surface area contributed by atoms with Crippen LogP contribution in [0.5, 0.6) is 5.75 Å². The summed E-state index contributed by atoms with van der Waals surface area (Å²) in [5, 5.41) is 6.41. The summed E-state index contributed by atoms with van der Waals surface area (Å²) in [6.07, 6.45) is 0. The molecule has 162 valence electrons. The molecular weight excluding hydrogens is 512 g/mol. The minimum Gasteiger partial charge on any atom is -0.496 e. The number of amides is 1. The number of benzene rings is 3. The monoisotopic (exact) mass is 528 g/mol. The van der Waals surface area contributed by atoms with Gasteiger partial charge in [-0.15, -0.1) is 0 Å². The zero-order chi connectivity index (χ0) is 22.8. The van der Waals surface area contributed by atoms with Crippen molar-refractivity contribution >= 4 is 67.5 Å². The maximum absolute atomic E-state index is 12.8. The predicted molar refractivity (Wildman–Crippen MR) is 136 cm³/mol. The highest BCUT2D eigenvalue weighted by Gasteiger charge is 2.17. The van der Waals surface area contributed by atoms with Crippen LogP contribution in [0.1, 0.15) is 15.9 Å². The number of nitrogens with one attached hydrogen (secondary N) is 3. The molecule has 0 aliphatic heterocycles. The zero-order valence-electron chi connectivity index (χ0n) is 17.1. The molecule has 0 unspecified atom stereocenters. The lowest BCUT2D eigenvalue weighted by atomic mass is 10.1. The van der Waals surface area contributed by atoms with Crippen LogP contribution in [0.4, 0.5) is 5.69 Å². The van der Waals surface area contributed by atoms with Gasteiger partial charge in [-0.25, -0.2) is 4.98 Å². The van der Waals surface area contributed by atoms with E-state index < -0.39 is 0 Å². The van der Waals surface area contributed by atoms with E-state index >= 15 is 0 Å². The van der Waals surface area contributed by atoms with Crippen molar-refractivity contribution in [3.63, 3.8) is 0 Å². The Balaban J connectivity index is 1.54. The highest BCUT2D eigenvalue weighted by molar-refractivity contribution is 9.10. The van der Waals surface area contributed by atoms with Gasteiger partial charge >= 0.3 is 0 Å². The maximum Gasteiger partial charge on any atom is 0.261 e. The van der Waals surface area contributed by atoms with Gasteiger partial charge in [-0.2, -0.15) is 0 Å². The molecule has 1 aromatic heterocycles. The molecule has 1 heterocycles. The van der Waals surface area contributed by atoms with Crippen molar-refractivity contribution < 1.29 is 9.53 Å². The predicted octanol–water partition coefficient (Wildman–Crippen LogP) is 6.09. The Kier molecular flexibility index (Phi) is 6.45. The number of nitrogens with zero attached hydrogens (tertiary/aromatic N) is 1. The number of rotatable bonds is 4. The third-order valence-corrected chi connectivity index (χ3v) is 5.78. The molecule has 0 aliphatic carbocycles. The molecule has 3 aromatic carbocycles. The van der Waals surface area contributed by atoms with Gasteiger partial charge in [0.05, 0.1) is 28.7 Å². The summed E-state index contributed by atoms with van der Waals surface area (Å²) in [5.74, 6) is 0.756. The van der Waals surface area contributed by atoms with E-state index in [4.69, 9.17) is 28.6 Å². The number of imidazole rings is 1. The molecule has 6 nitrogen and oxygen atoms in total. The van der Waals surface area contributed by atoms with E-state index in [9.17, 15) is 4.79 Å². The number of hydrogen-bond donors (Lipinski definition) is 3. The maximum atomic E-state index is 12.8. The van der Waals surface area contributed by atoms with Crippen LogP contribution in [0.3, 0.4) is 0 Å². The number of halogens is 2. The van der Waals surface area contributed by atoms with Crippen LogP contribution in [-0.2, 0) is 0 Å². The number of thiocarbonyl (C=S) groups is 1. The van der Waals surface area contributed by atoms with Crippen LogP contribution in [0.25, 0.3) is 22.4 Å². The molecule has 0 radical (unpaired) electrons. The number of para-hydroxylation sites is 2. The number of anilines is 1. The van der Waals surface area contributed by atoms with E-state index in [1.54, 1.807) is 18.2 Å². The average molecular weight is 530 g/mol. The molecule has 0 saturated heterocycles. The quantitative estimate of drug-likeness (QED) is 0.279. The molecule has 0 fully saturated rings. The second-order valence-electron chi connectivity index (χ2n) is 7.01. The number of aryl methyl sites for hydroxylation is 1. The number of ether oxygens (including phenoxy) is 1. The van der Waals surface area contributed by atoms with Crippen molar-refractivity contribution in [1.29, 1.82) is 0 Å². The van der Waals surface area contributed by atoms with Gasteiger partial charge in [0.1, 0.15) is 11.6 Å². The van der Waals surface area contributed by atoms with Gasteiger partial charge in [0.15, 0.2) is 5.11 Å². The number of H-pyrrole nitrogens is 1. The second-order valence-corrected chi connectivity index (χ2v) is 8.74. The first-order chi connectivity index (χ1) is 15.4. The van der Waals surface area contributed by atoms with Crippen molar-refractivity contribution in [2.24, 2.45) is 0 Å². The molecule has 0 bridgehead atoms. The van der Waals surface area contributed by atoms with E-state index in [0.717, 1.165) is 21.1 Å². The SMILES string of the molecule is COc1c(C)cc(Br)cc1C(=O)NC(=S)Nc1ccc(Cl)c(-c2nc3ccccc3[nH]2)c1. The largest absolute Gasteiger partial charge is 0.496 e. The lowest BCUT2D eigenvalue weighted by Gasteiger charge is -2.14. The van der Waals surface area contributed by atoms with Gasteiger partial charge in [0.2, 0.25) is 0 Å². The van der Waals surface area contributed by atoms with Crippen molar-refractivity contribution in [3.05, 3.63) is 75.2 Å². The minimum atomic E-state index is -0.379.